The molecule has 0 spiro atoms. The molecule has 9 heteroatoms. The predicted molar refractivity (Wildman–Crippen MR) is 136 cm³/mol. The summed E-state index contributed by atoms with van der Waals surface area (Å²) < 4.78 is 2.85. The zero-order valence-electron chi connectivity index (χ0n) is 16.6. The molecular weight excluding hydrogens is 529 g/mol. The first-order valence-electron chi connectivity index (χ1n) is 9.79. The van der Waals surface area contributed by atoms with Crippen LogP contribution in [0.4, 0.5) is 11.4 Å². The van der Waals surface area contributed by atoms with Gasteiger partial charge in [0, 0.05) is 27.9 Å². The van der Waals surface area contributed by atoms with Crippen molar-refractivity contribution in [1.82, 2.24) is 14.9 Å². The maximum Gasteiger partial charge on any atom is 0.212 e. The minimum absolute atomic E-state index is 0.547. The van der Waals surface area contributed by atoms with Crippen LogP contribution in [0.5, 0.6) is 0 Å². The molecule has 0 saturated heterocycles. The van der Waals surface area contributed by atoms with E-state index in [9.17, 15) is 0 Å². The summed E-state index contributed by atoms with van der Waals surface area (Å²) in [6.45, 7) is 0. The lowest BCUT2D eigenvalue weighted by molar-refractivity contribution is 0.720. The predicted octanol–water partition coefficient (Wildman–Crippen LogP) is 7.04. The Kier molecular flexibility index (Phi) is 6.24. The number of halogens is 3. The van der Waals surface area contributed by atoms with Gasteiger partial charge in [-0.2, -0.15) is 9.78 Å². The number of hydrogen-bond acceptors (Lipinski definition) is 5. The van der Waals surface area contributed by atoms with Gasteiger partial charge in [0.2, 0.25) is 5.16 Å². The van der Waals surface area contributed by atoms with Gasteiger partial charge in [-0.15, -0.1) is 10.2 Å². The third-order valence-corrected chi connectivity index (χ3v) is 7.26. The highest BCUT2D eigenvalue weighted by Gasteiger charge is 2.21. The van der Waals surface area contributed by atoms with E-state index >= 15 is 0 Å². The van der Waals surface area contributed by atoms with Crippen molar-refractivity contribution in [3.05, 3.63) is 98.2 Å². The van der Waals surface area contributed by atoms with Crippen molar-refractivity contribution in [1.29, 1.82) is 0 Å². The van der Waals surface area contributed by atoms with Crippen molar-refractivity contribution < 1.29 is 0 Å². The van der Waals surface area contributed by atoms with E-state index < -0.39 is 0 Å². The Morgan fingerprint density at radius 3 is 2.50 bits per heavy atom. The maximum absolute atomic E-state index is 6.36. The van der Waals surface area contributed by atoms with Crippen molar-refractivity contribution >= 4 is 68.0 Å². The summed E-state index contributed by atoms with van der Waals surface area (Å²) in [5.74, 6) is 1.50. The number of nitrogens with zero attached hydrogens (tertiary/aromatic N) is 4. The van der Waals surface area contributed by atoms with Crippen LogP contribution in [-0.4, -0.2) is 26.3 Å². The number of rotatable bonds is 5. The number of fused-ring (bicyclic) bond motifs is 1. The van der Waals surface area contributed by atoms with Gasteiger partial charge >= 0.3 is 0 Å². The highest BCUT2D eigenvalue weighted by molar-refractivity contribution is 9.10. The standard InChI is InChI=1S/C23H16BrCl2N5S/c24-16-8-3-2-7-15(16)20-13-32-23-29-28-21(31(23)30-20)12-14-6-1-4-11-19(14)27-22-17(25)9-5-10-18(22)26/h1-11,27H,12-13H2. The molecule has 1 aromatic heterocycles. The average molecular weight is 545 g/mol. The Bertz CT molecular complexity index is 1320. The van der Waals surface area contributed by atoms with Crippen LogP contribution in [0.25, 0.3) is 0 Å². The molecule has 0 fully saturated rings. The van der Waals surface area contributed by atoms with Crippen molar-refractivity contribution in [2.24, 2.45) is 5.10 Å². The van der Waals surface area contributed by atoms with Crippen LogP contribution in [-0.2, 0) is 6.42 Å². The van der Waals surface area contributed by atoms with Crippen LogP contribution in [0.2, 0.25) is 10.0 Å². The van der Waals surface area contributed by atoms with E-state index in [4.69, 9.17) is 28.3 Å². The van der Waals surface area contributed by atoms with Crippen molar-refractivity contribution in [3.63, 3.8) is 0 Å². The molecule has 0 saturated carbocycles. The lowest BCUT2D eigenvalue weighted by Crippen LogP contribution is -2.15. The monoisotopic (exact) mass is 543 g/mol. The van der Waals surface area contributed by atoms with Crippen LogP contribution in [0, 0.1) is 0 Å². The first kappa shape index (κ1) is 21.5. The third-order valence-electron chi connectivity index (χ3n) is 5.01. The Hall–Kier alpha value is -2.32. The van der Waals surface area contributed by atoms with Gasteiger partial charge < -0.3 is 5.32 Å². The number of nitrogens with one attached hydrogen (secondary N) is 1. The summed E-state index contributed by atoms with van der Waals surface area (Å²) in [7, 11) is 0. The lowest BCUT2D eigenvalue weighted by Gasteiger charge is -2.16. The molecule has 0 radical (unpaired) electrons. The highest BCUT2D eigenvalue weighted by atomic mass is 79.9. The van der Waals surface area contributed by atoms with E-state index in [0.29, 0.717) is 22.2 Å². The zero-order valence-corrected chi connectivity index (χ0v) is 20.5. The number of benzene rings is 3. The van der Waals surface area contributed by atoms with Crippen LogP contribution in [0.3, 0.4) is 0 Å². The SMILES string of the molecule is Clc1cccc(Cl)c1Nc1ccccc1Cc1nnc2n1N=C(c1ccccc1Br)CS2. The molecule has 32 heavy (non-hydrogen) atoms. The second-order valence-corrected chi connectivity index (χ2v) is 9.69. The van der Waals surface area contributed by atoms with Gasteiger partial charge in [0.1, 0.15) is 0 Å². The normalized spacial score (nSPS) is 12.9. The molecule has 3 aromatic carbocycles. The molecule has 1 N–H and O–H groups in total. The Balaban J connectivity index is 1.48. The number of para-hydroxylation sites is 2. The molecule has 1 aliphatic heterocycles. The van der Waals surface area contributed by atoms with E-state index in [0.717, 1.165) is 43.7 Å². The van der Waals surface area contributed by atoms with Gasteiger partial charge in [-0.3, -0.25) is 0 Å². The number of thioether (sulfide) groups is 1. The number of aromatic nitrogens is 3. The van der Waals surface area contributed by atoms with Gasteiger partial charge in [-0.05, 0) is 29.8 Å². The molecule has 5 nitrogen and oxygen atoms in total. The summed E-state index contributed by atoms with van der Waals surface area (Å²) in [5.41, 5.74) is 4.66. The minimum atomic E-state index is 0.547. The number of hydrogen-bond donors (Lipinski definition) is 1. The van der Waals surface area contributed by atoms with E-state index in [2.05, 4.69) is 37.5 Å². The zero-order chi connectivity index (χ0) is 22.1. The van der Waals surface area contributed by atoms with Crippen LogP contribution >= 0.6 is 50.9 Å². The molecule has 0 atom stereocenters. The van der Waals surface area contributed by atoms with Gasteiger partial charge in [0.15, 0.2) is 5.82 Å². The molecule has 1 aliphatic rings. The lowest BCUT2D eigenvalue weighted by atomic mass is 10.1. The summed E-state index contributed by atoms with van der Waals surface area (Å²) >= 11 is 18.0. The highest BCUT2D eigenvalue weighted by Crippen LogP contribution is 2.34. The summed E-state index contributed by atoms with van der Waals surface area (Å²) in [5, 5.41) is 18.9. The average Bonchev–Trinajstić information content (AvgIpc) is 3.20. The second-order valence-electron chi connectivity index (χ2n) is 7.08. The van der Waals surface area contributed by atoms with Gasteiger partial charge in [0.05, 0.1) is 21.4 Å². The van der Waals surface area contributed by atoms with E-state index in [1.165, 1.54) is 0 Å². The molecule has 5 rings (SSSR count). The fourth-order valence-corrected chi connectivity index (χ4v) is 5.28. The van der Waals surface area contributed by atoms with Crippen LogP contribution in [0.15, 0.2) is 81.5 Å². The largest absolute Gasteiger partial charge is 0.353 e. The first-order chi connectivity index (χ1) is 15.6. The fourth-order valence-electron chi connectivity index (χ4n) is 3.42. The number of anilines is 2. The van der Waals surface area contributed by atoms with E-state index in [1.54, 1.807) is 11.8 Å². The minimum Gasteiger partial charge on any atom is -0.353 e. The molecular formula is C23H16BrCl2N5S. The molecule has 0 amide bonds. The van der Waals surface area contributed by atoms with Gasteiger partial charge in [-0.1, -0.05) is 93.4 Å². The summed E-state index contributed by atoms with van der Waals surface area (Å²) in [4.78, 5) is 0. The topological polar surface area (TPSA) is 55.1 Å². The smallest absolute Gasteiger partial charge is 0.212 e. The van der Waals surface area contributed by atoms with Crippen LogP contribution in [0.1, 0.15) is 17.0 Å². The van der Waals surface area contributed by atoms with Crippen LogP contribution < -0.4 is 5.32 Å². The van der Waals surface area contributed by atoms with E-state index in [-0.39, 0.29) is 0 Å². The maximum atomic E-state index is 6.36. The molecule has 2 heterocycles. The van der Waals surface area contributed by atoms with Gasteiger partial charge in [-0.25, -0.2) is 0 Å². The van der Waals surface area contributed by atoms with Crippen molar-refractivity contribution in [3.8, 4) is 0 Å². The van der Waals surface area contributed by atoms with Crippen molar-refractivity contribution in [2.45, 2.75) is 11.6 Å². The fraction of sp³-hybridized carbons (Fsp3) is 0.0870. The molecule has 160 valence electrons. The van der Waals surface area contributed by atoms with E-state index in [1.807, 2.05) is 65.3 Å². The first-order valence-corrected chi connectivity index (χ1v) is 12.3. The summed E-state index contributed by atoms with van der Waals surface area (Å²) in [6, 6.07) is 21.5. The Labute approximate surface area is 208 Å². The molecule has 4 aromatic rings. The van der Waals surface area contributed by atoms with Crippen molar-refractivity contribution in [2.75, 3.05) is 11.1 Å². The molecule has 0 aliphatic carbocycles. The second kappa shape index (κ2) is 9.27. The molecule has 0 bridgehead atoms. The summed E-state index contributed by atoms with van der Waals surface area (Å²) in [6.07, 6.45) is 0.547. The Morgan fingerprint density at radius 2 is 1.69 bits per heavy atom. The molecule has 0 unspecified atom stereocenters. The quantitative estimate of drug-likeness (QED) is 0.293. The third kappa shape index (κ3) is 4.30. The Morgan fingerprint density at radius 1 is 0.938 bits per heavy atom. The van der Waals surface area contributed by atoms with Gasteiger partial charge in [0.25, 0.3) is 0 Å².